The molecule has 2 amide bonds. The number of methoxy groups -OCH3 is 1. The molecule has 0 aliphatic carbocycles. The van der Waals surface area contributed by atoms with Crippen LogP contribution in [-0.2, 0) is 15.9 Å². The average Bonchev–Trinajstić information content (AvgIpc) is 3.15. The zero-order valence-corrected chi connectivity index (χ0v) is 29.7. The van der Waals surface area contributed by atoms with E-state index in [1.54, 1.807) is 24.1 Å². The van der Waals surface area contributed by atoms with Crippen LogP contribution < -0.4 is 10.2 Å². The van der Waals surface area contributed by atoms with Gasteiger partial charge in [-0.25, -0.2) is 14.0 Å². The van der Waals surface area contributed by atoms with Crippen molar-refractivity contribution in [2.45, 2.75) is 35.1 Å². The molecule has 256 valence electrons. The third kappa shape index (κ3) is 8.97. The number of likely N-dealkylation sites (tertiary alicyclic amines) is 1. The van der Waals surface area contributed by atoms with Gasteiger partial charge in [0.05, 0.1) is 24.2 Å². The molecule has 2 aliphatic heterocycles. The average molecular weight is 777 g/mol. The number of hydrogen-bond donors (Lipinski definition) is 1. The Bertz CT molecular complexity index is 1650. The van der Waals surface area contributed by atoms with Gasteiger partial charge in [0.15, 0.2) is 0 Å². The molecular formula is C39H42FIN4O4. The molecule has 2 fully saturated rings. The van der Waals surface area contributed by atoms with Crippen LogP contribution in [0.2, 0.25) is 0 Å². The maximum Gasteiger partial charge on any atom is 0.338 e. The van der Waals surface area contributed by atoms with Crippen LogP contribution in [0.4, 0.5) is 14.9 Å². The predicted octanol–water partition coefficient (Wildman–Crippen LogP) is 6.64. The normalized spacial score (nSPS) is 19.6. The first-order valence-electron chi connectivity index (χ1n) is 16.7. The van der Waals surface area contributed by atoms with Gasteiger partial charge in [0.2, 0.25) is 0 Å². The van der Waals surface area contributed by atoms with Crippen molar-refractivity contribution in [3.05, 3.63) is 126 Å². The van der Waals surface area contributed by atoms with Gasteiger partial charge in [-0.05, 0) is 88.5 Å². The third-order valence-electron chi connectivity index (χ3n) is 9.42. The van der Waals surface area contributed by atoms with Crippen molar-refractivity contribution in [2.24, 2.45) is 0 Å². The van der Waals surface area contributed by atoms with Gasteiger partial charge in [-0.2, -0.15) is 0 Å². The minimum absolute atomic E-state index is 0.0524. The SMILES string of the molecule is COC(I)C(Cc1ccccc1)NC(=O)N1CC[C@@H](N2CCN(c3ccc(F)cc3)CC2)[C@H](OC(=O)c2ccc(-c3ccccc3)cc2)C1. The van der Waals surface area contributed by atoms with Gasteiger partial charge in [-0.1, -0.05) is 72.8 Å². The van der Waals surface area contributed by atoms with Gasteiger partial charge < -0.3 is 24.6 Å². The molecule has 2 aliphatic rings. The number of anilines is 1. The Labute approximate surface area is 301 Å². The van der Waals surface area contributed by atoms with Crippen molar-refractivity contribution >= 4 is 40.3 Å². The number of halogens is 2. The number of piperidine rings is 1. The molecular weight excluding hydrogens is 734 g/mol. The lowest BCUT2D eigenvalue weighted by Gasteiger charge is -2.46. The lowest BCUT2D eigenvalue weighted by atomic mass is 9.98. The van der Waals surface area contributed by atoms with E-state index in [2.05, 4.69) is 37.7 Å². The van der Waals surface area contributed by atoms with Crippen LogP contribution in [0.3, 0.4) is 0 Å². The summed E-state index contributed by atoms with van der Waals surface area (Å²) in [6, 6.07) is 33.6. The maximum absolute atomic E-state index is 13.8. The Hall–Kier alpha value is -4.00. The third-order valence-corrected chi connectivity index (χ3v) is 10.8. The first-order valence-corrected chi connectivity index (χ1v) is 18.0. The number of nitrogens with one attached hydrogen (secondary N) is 1. The molecule has 8 nitrogen and oxygen atoms in total. The van der Waals surface area contributed by atoms with E-state index in [0.717, 1.165) is 48.6 Å². The summed E-state index contributed by atoms with van der Waals surface area (Å²) in [4.78, 5) is 33.8. The Balaban J connectivity index is 1.16. The lowest BCUT2D eigenvalue weighted by Crippen LogP contribution is -2.62. The van der Waals surface area contributed by atoms with Gasteiger partial charge in [-0.15, -0.1) is 0 Å². The molecule has 4 aromatic rings. The van der Waals surface area contributed by atoms with Crippen LogP contribution in [0.25, 0.3) is 11.1 Å². The molecule has 2 saturated heterocycles. The maximum atomic E-state index is 13.8. The first-order chi connectivity index (χ1) is 23.9. The summed E-state index contributed by atoms with van der Waals surface area (Å²) in [7, 11) is 1.64. The fourth-order valence-corrected chi connectivity index (χ4v) is 7.15. The summed E-state index contributed by atoms with van der Waals surface area (Å²) in [5, 5.41) is 3.20. The highest BCUT2D eigenvalue weighted by Gasteiger charge is 2.39. The predicted molar refractivity (Wildman–Crippen MR) is 199 cm³/mol. The molecule has 0 bridgehead atoms. The molecule has 4 aromatic carbocycles. The van der Waals surface area contributed by atoms with E-state index in [1.165, 1.54) is 12.1 Å². The van der Waals surface area contributed by atoms with Crippen molar-refractivity contribution in [3.63, 3.8) is 0 Å². The quantitative estimate of drug-likeness (QED) is 0.111. The van der Waals surface area contributed by atoms with E-state index in [0.29, 0.717) is 24.9 Å². The van der Waals surface area contributed by atoms with Gasteiger partial charge in [0, 0.05) is 45.5 Å². The number of nitrogens with zero attached hydrogens (tertiary/aromatic N) is 3. The fraction of sp³-hybridized carbons (Fsp3) is 0.333. The molecule has 0 radical (unpaired) electrons. The molecule has 0 spiro atoms. The van der Waals surface area contributed by atoms with E-state index >= 15 is 0 Å². The largest absolute Gasteiger partial charge is 0.455 e. The topological polar surface area (TPSA) is 74.3 Å². The number of benzene rings is 4. The van der Waals surface area contributed by atoms with E-state index in [9.17, 15) is 14.0 Å². The highest BCUT2D eigenvalue weighted by Crippen LogP contribution is 2.26. The van der Waals surface area contributed by atoms with Crippen LogP contribution >= 0.6 is 22.6 Å². The Morgan fingerprint density at radius 1 is 0.837 bits per heavy atom. The van der Waals surface area contributed by atoms with E-state index in [4.69, 9.17) is 9.47 Å². The van der Waals surface area contributed by atoms with Crippen LogP contribution in [0.15, 0.2) is 109 Å². The smallest absolute Gasteiger partial charge is 0.338 e. The standard InChI is InChI=1S/C39H42FIN4O4/c1-48-37(41)34(26-28-8-4-2-5-9-28)42-39(47)45-21-20-35(44-24-22-43(23-25-44)33-18-16-32(40)17-19-33)36(27-45)49-38(46)31-14-12-30(13-15-31)29-10-6-3-7-11-29/h2-19,34-37H,20-27H2,1H3,(H,42,47)/t34?,35-,36-,37?/m1/s1. The Kier molecular flexibility index (Phi) is 11.8. The second-order valence-corrected chi connectivity index (χ2v) is 13.7. The van der Waals surface area contributed by atoms with E-state index in [-0.39, 0.29) is 34.6 Å². The van der Waals surface area contributed by atoms with Crippen molar-refractivity contribution in [2.75, 3.05) is 51.3 Å². The number of urea groups is 1. The number of carbonyl (C=O) groups excluding carboxylic acids is 2. The highest BCUT2D eigenvalue weighted by atomic mass is 127. The van der Waals surface area contributed by atoms with Crippen LogP contribution in [0.1, 0.15) is 22.3 Å². The number of ether oxygens (including phenoxy) is 2. The zero-order valence-electron chi connectivity index (χ0n) is 27.6. The second kappa shape index (κ2) is 16.6. The van der Waals surface area contributed by atoms with Crippen molar-refractivity contribution in [3.8, 4) is 11.1 Å². The summed E-state index contributed by atoms with van der Waals surface area (Å²) in [6.07, 6.45) is 0.764. The highest BCUT2D eigenvalue weighted by molar-refractivity contribution is 14.1. The molecule has 0 aromatic heterocycles. The van der Waals surface area contributed by atoms with Gasteiger partial charge in [-0.3, -0.25) is 4.90 Å². The summed E-state index contributed by atoms with van der Waals surface area (Å²) in [5.74, 6) is -0.657. The van der Waals surface area contributed by atoms with Crippen LogP contribution in [0, 0.1) is 5.82 Å². The minimum Gasteiger partial charge on any atom is -0.455 e. The number of rotatable bonds is 10. The molecule has 0 saturated carbocycles. The molecule has 2 unspecified atom stereocenters. The molecule has 49 heavy (non-hydrogen) atoms. The van der Waals surface area contributed by atoms with Crippen molar-refractivity contribution in [1.29, 1.82) is 0 Å². The Morgan fingerprint density at radius 3 is 2.12 bits per heavy atom. The lowest BCUT2D eigenvalue weighted by molar-refractivity contribution is -0.0314. The number of amides is 2. The number of alkyl halides is 1. The van der Waals surface area contributed by atoms with Gasteiger partial charge >= 0.3 is 12.0 Å². The van der Waals surface area contributed by atoms with Crippen LogP contribution in [0.5, 0.6) is 0 Å². The van der Waals surface area contributed by atoms with E-state index in [1.807, 2.05) is 84.9 Å². The monoisotopic (exact) mass is 776 g/mol. The van der Waals surface area contributed by atoms with Crippen molar-refractivity contribution < 1.29 is 23.5 Å². The number of esters is 1. The number of piperazine rings is 1. The van der Waals surface area contributed by atoms with E-state index < -0.39 is 12.1 Å². The molecule has 4 atom stereocenters. The first kappa shape index (κ1) is 34.8. The summed E-state index contributed by atoms with van der Waals surface area (Å²) in [6.45, 7) is 3.87. The number of hydrogen-bond acceptors (Lipinski definition) is 6. The minimum atomic E-state index is -0.524. The molecule has 10 heteroatoms. The second-order valence-electron chi connectivity index (χ2n) is 12.5. The molecule has 1 N–H and O–H groups in total. The van der Waals surface area contributed by atoms with Crippen LogP contribution in [-0.4, -0.2) is 90.5 Å². The van der Waals surface area contributed by atoms with Gasteiger partial charge in [0.25, 0.3) is 0 Å². The summed E-state index contributed by atoms with van der Waals surface area (Å²) in [5.41, 5.74) is 4.66. The Morgan fingerprint density at radius 2 is 1.47 bits per heavy atom. The zero-order chi connectivity index (χ0) is 34.2. The molecule has 6 rings (SSSR count). The molecule has 2 heterocycles. The fourth-order valence-electron chi connectivity index (χ4n) is 6.71. The summed E-state index contributed by atoms with van der Waals surface area (Å²) >= 11 is 2.22. The number of carbonyl (C=O) groups is 2. The van der Waals surface area contributed by atoms with Crippen molar-refractivity contribution in [1.82, 2.24) is 15.1 Å². The van der Waals surface area contributed by atoms with Gasteiger partial charge in [0.1, 0.15) is 16.0 Å². The summed E-state index contributed by atoms with van der Waals surface area (Å²) < 4.78 is 25.2.